The third-order valence-electron chi connectivity index (χ3n) is 5.74. The van der Waals surface area contributed by atoms with Crippen molar-refractivity contribution in [1.82, 2.24) is 19.5 Å². The SMILES string of the molecule is Cc1cc(-c2ccc(C(N)=O)cc2)cc(Cl)c1Oc1nc(Nc2ccc(C#N)cc2)nc2ncn(C)c12. The van der Waals surface area contributed by atoms with Gasteiger partial charge in [-0.2, -0.15) is 15.2 Å². The van der Waals surface area contributed by atoms with Crippen LogP contribution in [0.1, 0.15) is 21.5 Å². The number of hydrogen-bond donors (Lipinski definition) is 2. The molecule has 0 fully saturated rings. The number of nitrogens with two attached hydrogens (primary N) is 1. The Morgan fingerprint density at radius 2 is 1.81 bits per heavy atom. The van der Waals surface area contributed by atoms with Gasteiger partial charge in [-0.1, -0.05) is 23.7 Å². The molecule has 0 spiro atoms. The summed E-state index contributed by atoms with van der Waals surface area (Å²) in [5.74, 6) is 0.532. The van der Waals surface area contributed by atoms with E-state index in [1.54, 1.807) is 53.4 Å². The zero-order valence-electron chi connectivity index (χ0n) is 19.9. The Hall–Kier alpha value is -4.94. The highest BCUT2D eigenvalue weighted by Gasteiger charge is 2.18. The number of ether oxygens (including phenoxy) is 1. The van der Waals surface area contributed by atoms with Crippen LogP contribution in [0.15, 0.2) is 67.0 Å². The Morgan fingerprint density at radius 1 is 1.08 bits per heavy atom. The minimum Gasteiger partial charge on any atom is -0.435 e. The number of nitrogens with one attached hydrogen (secondary N) is 1. The van der Waals surface area contributed by atoms with E-state index in [1.165, 1.54) is 0 Å². The standard InChI is InChI=1S/C27H20ClN7O2/c1-15-11-19(17-5-7-18(8-6-17)24(30)36)12-21(28)23(15)37-26-22-25(31-14-35(22)2)33-27(34-26)32-20-9-3-16(13-29)4-10-20/h3-12,14H,1-2H3,(H2,30,36)(H,32,33,34). The lowest BCUT2D eigenvalue weighted by molar-refractivity contribution is 0.100. The second kappa shape index (κ2) is 9.60. The van der Waals surface area contributed by atoms with Gasteiger partial charge in [0.15, 0.2) is 16.9 Å². The number of amides is 1. The molecule has 0 bridgehead atoms. The number of benzene rings is 3. The predicted molar refractivity (Wildman–Crippen MR) is 141 cm³/mol. The lowest BCUT2D eigenvalue weighted by atomic mass is 10.0. The summed E-state index contributed by atoms with van der Waals surface area (Å²) >= 11 is 6.67. The molecule has 0 atom stereocenters. The van der Waals surface area contributed by atoms with E-state index < -0.39 is 5.91 Å². The largest absolute Gasteiger partial charge is 0.435 e. The van der Waals surface area contributed by atoms with Crippen LogP contribution in [0.2, 0.25) is 5.02 Å². The molecule has 10 heteroatoms. The molecule has 3 N–H and O–H groups in total. The molecule has 0 unspecified atom stereocenters. The van der Waals surface area contributed by atoms with Gasteiger partial charge in [-0.15, -0.1) is 0 Å². The van der Waals surface area contributed by atoms with Crippen LogP contribution in [0.5, 0.6) is 11.6 Å². The van der Waals surface area contributed by atoms with Gasteiger partial charge in [-0.05, 0) is 72.1 Å². The summed E-state index contributed by atoms with van der Waals surface area (Å²) in [6.07, 6.45) is 1.63. The summed E-state index contributed by atoms with van der Waals surface area (Å²) < 4.78 is 8.03. The highest BCUT2D eigenvalue weighted by atomic mass is 35.5. The first kappa shape index (κ1) is 23.8. The summed E-state index contributed by atoms with van der Waals surface area (Å²) in [4.78, 5) is 24.8. The van der Waals surface area contributed by atoms with E-state index in [9.17, 15) is 4.79 Å². The topological polar surface area (TPSA) is 132 Å². The molecule has 5 rings (SSSR count). The number of nitrogens with zero attached hydrogens (tertiary/aromatic N) is 5. The zero-order valence-corrected chi connectivity index (χ0v) is 20.6. The summed E-state index contributed by atoms with van der Waals surface area (Å²) in [5.41, 5.74) is 10.6. The van der Waals surface area contributed by atoms with Crippen molar-refractivity contribution in [1.29, 1.82) is 5.26 Å². The monoisotopic (exact) mass is 509 g/mol. The van der Waals surface area contributed by atoms with Crippen LogP contribution in [-0.2, 0) is 7.05 Å². The molecule has 1 amide bonds. The number of fused-ring (bicyclic) bond motifs is 1. The van der Waals surface area contributed by atoms with E-state index in [2.05, 4.69) is 26.3 Å². The summed E-state index contributed by atoms with van der Waals surface area (Å²) in [6, 6.07) is 19.7. The van der Waals surface area contributed by atoms with Crippen molar-refractivity contribution in [3.8, 4) is 28.8 Å². The van der Waals surface area contributed by atoms with E-state index in [4.69, 9.17) is 27.3 Å². The molecule has 3 aromatic carbocycles. The number of nitriles is 1. The van der Waals surface area contributed by atoms with Gasteiger partial charge >= 0.3 is 0 Å². The second-order valence-corrected chi connectivity index (χ2v) is 8.75. The fourth-order valence-electron chi connectivity index (χ4n) is 3.86. The fourth-order valence-corrected chi connectivity index (χ4v) is 4.16. The predicted octanol–water partition coefficient (Wildman–Crippen LogP) is 5.50. The molecule has 0 aliphatic carbocycles. The molecule has 2 aromatic heterocycles. The van der Waals surface area contributed by atoms with E-state index >= 15 is 0 Å². The molecule has 9 nitrogen and oxygen atoms in total. The Labute approximate surface area is 217 Å². The van der Waals surface area contributed by atoms with Gasteiger partial charge < -0.3 is 20.4 Å². The number of aryl methyl sites for hydroxylation is 2. The quantitative estimate of drug-likeness (QED) is 0.309. The molecule has 0 radical (unpaired) electrons. The first-order valence-corrected chi connectivity index (χ1v) is 11.5. The summed E-state index contributed by atoms with van der Waals surface area (Å²) in [6.45, 7) is 1.89. The maximum absolute atomic E-state index is 11.4. The van der Waals surface area contributed by atoms with Crippen molar-refractivity contribution in [2.24, 2.45) is 12.8 Å². The normalized spacial score (nSPS) is 10.8. The van der Waals surface area contributed by atoms with Gasteiger partial charge in [0.2, 0.25) is 11.9 Å². The van der Waals surface area contributed by atoms with Crippen molar-refractivity contribution < 1.29 is 9.53 Å². The van der Waals surface area contributed by atoms with Gasteiger partial charge in [0.1, 0.15) is 0 Å². The van der Waals surface area contributed by atoms with Gasteiger partial charge in [0.05, 0.1) is 23.0 Å². The molecule has 2 heterocycles. The average molecular weight is 510 g/mol. The smallest absolute Gasteiger partial charge is 0.250 e. The maximum atomic E-state index is 11.4. The Morgan fingerprint density at radius 3 is 2.46 bits per heavy atom. The Balaban J connectivity index is 1.50. The molecule has 0 saturated carbocycles. The van der Waals surface area contributed by atoms with Crippen LogP contribution >= 0.6 is 11.6 Å². The number of anilines is 2. The van der Waals surface area contributed by atoms with Gasteiger partial charge in [-0.25, -0.2) is 4.98 Å². The number of primary amides is 1. The fraction of sp³-hybridized carbons (Fsp3) is 0.0741. The average Bonchev–Trinajstić information content (AvgIpc) is 3.27. The van der Waals surface area contributed by atoms with E-state index in [0.29, 0.717) is 38.8 Å². The molecule has 0 aliphatic rings. The van der Waals surface area contributed by atoms with Crippen LogP contribution in [0.4, 0.5) is 11.6 Å². The highest BCUT2D eigenvalue weighted by Crippen LogP contribution is 2.38. The second-order valence-electron chi connectivity index (χ2n) is 8.34. The van der Waals surface area contributed by atoms with E-state index in [1.807, 2.05) is 32.2 Å². The third-order valence-corrected chi connectivity index (χ3v) is 6.02. The van der Waals surface area contributed by atoms with Crippen LogP contribution in [0, 0.1) is 18.3 Å². The lowest BCUT2D eigenvalue weighted by Crippen LogP contribution is -2.10. The molecular formula is C27H20ClN7O2. The maximum Gasteiger partial charge on any atom is 0.250 e. The molecular weight excluding hydrogens is 490 g/mol. The zero-order chi connectivity index (χ0) is 26.1. The van der Waals surface area contributed by atoms with Gasteiger partial charge in [0.25, 0.3) is 5.88 Å². The molecule has 0 saturated heterocycles. The van der Waals surface area contributed by atoms with Crippen LogP contribution < -0.4 is 15.8 Å². The molecule has 5 aromatic rings. The van der Waals surface area contributed by atoms with Crippen LogP contribution in [0.3, 0.4) is 0 Å². The minimum absolute atomic E-state index is 0.282. The number of carbonyl (C=O) groups is 1. The molecule has 37 heavy (non-hydrogen) atoms. The number of hydrogen-bond acceptors (Lipinski definition) is 7. The lowest BCUT2D eigenvalue weighted by Gasteiger charge is -2.14. The Kier molecular flexibility index (Phi) is 6.17. The van der Waals surface area contributed by atoms with E-state index in [-0.39, 0.29) is 11.8 Å². The first-order valence-electron chi connectivity index (χ1n) is 11.2. The summed E-state index contributed by atoms with van der Waals surface area (Å²) in [7, 11) is 1.83. The van der Waals surface area contributed by atoms with Crippen molar-refractivity contribution in [3.63, 3.8) is 0 Å². The molecule has 0 aliphatic heterocycles. The number of carbonyl (C=O) groups excluding carboxylic acids is 1. The Bertz CT molecular complexity index is 1660. The van der Waals surface area contributed by atoms with E-state index in [0.717, 1.165) is 16.7 Å². The third kappa shape index (κ3) is 4.78. The number of rotatable bonds is 6. The van der Waals surface area contributed by atoms with Crippen molar-refractivity contribution >= 4 is 40.3 Å². The number of halogens is 1. The first-order chi connectivity index (χ1) is 17.8. The van der Waals surface area contributed by atoms with Crippen molar-refractivity contribution in [2.75, 3.05) is 5.32 Å². The highest BCUT2D eigenvalue weighted by molar-refractivity contribution is 6.32. The molecule has 182 valence electrons. The van der Waals surface area contributed by atoms with Gasteiger partial charge in [-0.3, -0.25) is 4.79 Å². The minimum atomic E-state index is -0.483. The van der Waals surface area contributed by atoms with Crippen molar-refractivity contribution in [2.45, 2.75) is 6.92 Å². The number of imidazole rings is 1. The van der Waals surface area contributed by atoms with Gasteiger partial charge in [0, 0.05) is 18.3 Å². The van der Waals surface area contributed by atoms with Crippen LogP contribution in [-0.4, -0.2) is 25.4 Å². The number of aromatic nitrogens is 4. The van der Waals surface area contributed by atoms with Crippen LogP contribution in [0.25, 0.3) is 22.3 Å². The van der Waals surface area contributed by atoms with Crippen molar-refractivity contribution in [3.05, 3.63) is 88.7 Å². The summed E-state index contributed by atoms with van der Waals surface area (Å²) in [5, 5.41) is 12.5.